The van der Waals surface area contributed by atoms with Crippen molar-refractivity contribution in [3.8, 4) is 5.75 Å². The molecule has 4 rings (SSSR count). The number of ketones is 2. The van der Waals surface area contributed by atoms with Gasteiger partial charge in [-0.2, -0.15) is 0 Å². The Morgan fingerprint density at radius 1 is 1.16 bits per heavy atom. The van der Waals surface area contributed by atoms with E-state index in [4.69, 9.17) is 4.74 Å². The minimum atomic E-state index is -1.03. The molecule has 0 saturated carbocycles. The summed E-state index contributed by atoms with van der Waals surface area (Å²) in [6.07, 6.45) is 2.96. The number of unbranched alkanes of at least 4 members (excludes halogenated alkanes) is 2. The summed E-state index contributed by atoms with van der Waals surface area (Å²) < 4.78 is 19.4. The summed E-state index contributed by atoms with van der Waals surface area (Å²) in [6.45, 7) is 5.68. The van der Waals surface area contributed by atoms with E-state index in [2.05, 4.69) is 11.9 Å². The SMILES string of the molecule is CCCCCOc1cccc(C2C(=C(O)c3ccc(F)cc3)C(=O)C(=O)N2c2nc(C)c(C(C)=O)s2)c1. The van der Waals surface area contributed by atoms with E-state index in [1.807, 2.05) is 0 Å². The Hall–Kier alpha value is -3.85. The summed E-state index contributed by atoms with van der Waals surface area (Å²) in [4.78, 5) is 44.7. The Balaban J connectivity index is 1.85. The van der Waals surface area contributed by atoms with Gasteiger partial charge in [0.05, 0.1) is 28.8 Å². The number of benzene rings is 2. The summed E-state index contributed by atoms with van der Waals surface area (Å²) in [5.41, 5.74) is 1.00. The van der Waals surface area contributed by atoms with E-state index >= 15 is 0 Å². The average molecular weight is 523 g/mol. The zero-order valence-electron chi connectivity index (χ0n) is 20.8. The molecular formula is C28H27FN2O5S. The van der Waals surface area contributed by atoms with Gasteiger partial charge >= 0.3 is 5.91 Å². The summed E-state index contributed by atoms with van der Waals surface area (Å²) in [5.74, 6) is -2.37. The smallest absolute Gasteiger partial charge is 0.301 e. The molecule has 2 heterocycles. The minimum absolute atomic E-state index is 0.156. The molecule has 192 valence electrons. The summed E-state index contributed by atoms with van der Waals surface area (Å²) in [7, 11) is 0. The number of nitrogens with zero attached hydrogens (tertiary/aromatic N) is 2. The van der Waals surface area contributed by atoms with Crippen LogP contribution >= 0.6 is 11.3 Å². The lowest BCUT2D eigenvalue weighted by atomic mass is 9.95. The van der Waals surface area contributed by atoms with Crippen LogP contribution in [-0.4, -0.2) is 34.2 Å². The number of amides is 1. The lowest BCUT2D eigenvalue weighted by molar-refractivity contribution is -0.132. The fourth-order valence-electron chi connectivity index (χ4n) is 4.24. The molecule has 3 aromatic rings. The average Bonchev–Trinajstić information content (AvgIpc) is 3.39. The molecule has 7 nitrogen and oxygen atoms in total. The Labute approximate surface area is 218 Å². The first-order chi connectivity index (χ1) is 17.7. The van der Waals surface area contributed by atoms with Gasteiger partial charge in [0.15, 0.2) is 10.9 Å². The van der Waals surface area contributed by atoms with Gasteiger partial charge in [0, 0.05) is 12.5 Å². The van der Waals surface area contributed by atoms with Crippen molar-refractivity contribution in [2.45, 2.75) is 46.1 Å². The third-order valence-electron chi connectivity index (χ3n) is 6.06. The second-order valence-electron chi connectivity index (χ2n) is 8.77. The first kappa shape index (κ1) is 26.2. The van der Waals surface area contributed by atoms with Gasteiger partial charge in [-0.15, -0.1) is 0 Å². The maximum absolute atomic E-state index is 13.5. The second-order valence-corrected chi connectivity index (χ2v) is 9.75. The highest BCUT2D eigenvalue weighted by Crippen LogP contribution is 2.44. The molecule has 1 atom stereocenters. The molecule has 1 unspecified atom stereocenters. The maximum atomic E-state index is 13.5. The highest BCUT2D eigenvalue weighted by molar-refractivity contribution is 7.18. The zero-order valence-corrected chi connectivity index (χ0v) is 21.6. The molecule has 1 saturated heterocycles. The number of rotatable bonds is 9. The predicted octanol–water partition coefficient (Wildman–Crippen LogP) is 5.99. The van der Waals surface area contributed by atoms with Crippen LogP contribution in [0.2, 0.25) is 0 Å². The van der Waals surface area contributed by atoms with E-state index < -0.39 is 29.3 Å². The standard InChI is InChI=1S/C28H27FN2O5S/c1-4-5-6-14-36-21-9-7-8-19(15-21)23-22(24(33)18-10-12-20(29)13-11-18)25(34)27(35)31(23)28-30-16(2)26(37-28)17(3)32/h7-13,15,23,33H,4-6,14H2,1-3H3. The fraction of sp³-hybridized carbons (Fsp3) is 0.286. The van der Waals surface area contributed by atoms with Crippen LogP contribution in [0, 0.1) is 12.7 Å². The minimum Gasteiger partial charge on any atom is -0.507 e. The molecule has 1 amide bonds. The third-order valence-corrected chi connectivity index (χ3v) is 7.32. The van der Waals surface area contributed by atoms with E-state index in [-0.39, 0.29) is 22.1 Å². The number of carbonyl (C=O) groups excluding carboxylic acids is 3. The van der Waals surface area contributed by atoms with Crippen molar-refractivity contribution in [3.63, 3.8) is 0 Å². The molecule has 37 heavy (non-hydrogen) atoms. The molecule has 1 aliphatic heterocycles. The summed E-state index contributed by atoms with van der Waals surface area (Å²) in [5, 5.41) is 11.3. The zero-order chi connectivity index (χ0) is 26.7. The molecule has 2 aromatic carbocycles. The van der Waals surface area contributed by atoms with Crippen LogP contribution in [-0.2, 0) is 9.59 Å². The fourth-order valence-corrected chi connectivity index (χ4v) is 5.23. The Morgan fingerprint density at radius 2 is 1.89 bits per heavy atom. The number of aromatic nitrogens is 1. The van der Waals surface area contributed by atoms with E-state index in [0.717, 1.165) is 42.7 Å². The van der Waals surface area contributed by atoms with E-state index in [1.54, 1.807) is 31.2 Å². The molecule has 1 fully saturated rings. The molecule has 0 spiro atoms. The number of aliphatic hydroxyl groups is 1. The van der Waals surface area contributed by atoms with E-state index in [1.165, 1.54) is 24.0 Å². The van der Waals surface area contributed by atoms with Gasteiger partial charge in [0.1, 0.15) is 17.3 Å². The van der Waals surface area contributed by atoms with Crippen molar-refractivity contribution < 1.29 is 28.6 Å². The first-order valence-corrected chi connectivity index (χ1v) is 12.8. The molecule has 0 radical (unpaired) electrons. The monoisotopic (exact) mass is 522 g/mol. The second kappa shape index (κ2) is 11.0. The highest BCUT2D eigenvalue weighted by atomic mass is 32.1. The topological polar surface area (TPSA) is 96.8 Å². The number of hydrogen-bond donors (Lipinski definition) is 1. The van der Waals surface area contributed by atoms with Gasteiger partial charge in [0.25, 0.3) is 5.78 Å². The maximum Gasteiger partial charge on any atom is 0.301 e. The molecule has 9 heteroatoms. The number of aryl methyl sites for hydroxylation is 1. The number of carbonyl (C=O) groups is 3. The van der Waals surface area contributed by atoms with Crippen molar-refractivity contribution in [1.29, 1.82) is 0 Å². The van der Waals surface area contributed by atoms with Crippen LogP contribution in [0.3, 0.4) is 0 Å². The highest BCUT2D eigenvalue weighted by Gasteiger charge is 2.48. The Kier molecular flexibility index (Phi) is 7.83. The lowest BCUT2D eigenvalue weighted by Crippen LogP contribution is -2.29. The van der Waals surface area contributed by atoms with Crippen LogP contribution in [0.4, 0.5) is 9.52 Å². The van der Waals surface area contributed by atoms with Crippen molar-refractivity contribution in [1.82, 2.24) is 4.98 Å². The van der Waals surface area contributed by atoms with Crippen molar-refractivity contribution >= 4 is 39.7 Å². The molecule has 0 aliphatic carbocycles. The van der Waals surface area contributed by atoms with Crippen molar-refractivity contribution in [2.24, 2.45) is 0 Å². The van der Waals surface area contributed by atoms with Gasteiger partial charge in [-0.1, -0.05) is 43.2 Å². The quantitative estimate of drug-likeness (QED) is 0.122. The van der Waals surface area contributed by atoms with E-state index in [0.29, 0.717) is 28.5 Å². The van der Waals surface area contributed by atoms with Gasteiger partial charge in [0.2, 0.25) is 0 Å². The number of ether oxygens (including phenoxy) is 1. The predicted molar refractivity (Wildman–Crippen MR) is 140 cm³/mol. The number of hydrogen-bond acceptors (Lipinski definition) is 7. The Morgan fingerprint density at radius 3 is 2.54 bits per heavy atom. The van der Waals surface area contributed by atoms with Gasteiger partial charge < -0.3 is 9.84 Å². The molecule has 1 N–H and O–H groups in total. The Bertz CT molecular complexity index is 1380. The van der Waals surface area contributed by atoms with Crippen LogP contribution < -0.4 is 9.64 Å². The van der Waals surface area contributed by atoms with Crippen molar-refractivity contribution in [3.05, 3.63) is 81.6 Å². The summed E-state index contributed by atoms with van der Waals surface area (Å²) in [6, 6.07) is 10.9. The van der Waals surface area contributed by atoms with Gasteiger partial charge in [-0.3, -0.25) is 19.3 Å². The van der Waals surface area contributed by atoms with Crippen LogP contribution in [0.1, 0.15) is 65.6 Å². The summed E-state index contributed by atoms with van der Waals surface area (Å²) >= 11 is 1.01. The first-order valence-electron chi connectivity index (χ1n) is 12.0. The number of anilines is 1. The number of thiazole rings is 1. The number of aliphatic hydroxyl groups excluding tert-OH is 1. The van der Waals surface area contributed by atoms with Crippen molar-refractivity contribution in [2.75, 3.05) is 11.5 Å². The lowest BCUT2D eigenvalue weighted by Gasteiger charge is -2.23. The van der Waals surface area contributed by atoms with Crippen LogP contribution in [0.25, 0.3) is 5.76 Å². The molecule has 1 aliphatic rings. The number of halogens is 1. The molecule has 0 bridgehead atoms. The van der Waals surface area contributed by atoms with Gasteiger partial charge in [-0.05, 0) is 55.3 Å². The van der Waals surface area contributed by atoms with Crippen LogP contribution in [0.5, 0.6) is 5.75 Å². The normalized spacial score (nSPS) is 16.9. The molecular weight excluding hydrogens is 495 g/mol. The van der Waals surface area contributed by atoms with Gasteiger partial charge in [-0.25, -0.2) is 9.37 Å². The number of Topliss-reactive ketones (excluding diaryl/α,β-unsaturated/α-hetero) is 2. The van der Waals surface area contributed by atoms with E-state index in [9.17, 15) is 23.9 Å². The van der Waals surface area contributed by atoms with Crippen LogP contribution in [0.15, 0.2) is 54.1 Å². The largest absolute Gasteiger partial charge is 0.507 e. The third kappa shape index (κ3) is 5.32. The molecule has 1 aromatic heterocycles.